The number of H-pyrrole nitrogens is 1. The van der Waals surface area contributed by atoms with Crippen LogP contribution >= 0.6 is 0 Å². The first kappa shape index (κ1) is 21.9. The van der Waals surface area contributed by atoms with E-state index in [1.54, 1.807) is 0 Å². The molecule has 9 heteroatoms. The fourth-order valence-electron chi connectivity index (χ4n) is 4.79. The van der Waals surface area contributed by atoms with Crippen LogP contribution in [0.15, 0.2) is 59.7 Å². The van der Waals surface area contributed by atoms with Crippen LogP contribution in [0, 0.1) is 11.8 Å². The van der Waals surface area contributed by atoms with Crippen molar-refractivity contribution in [2.45, 2.75) is 45.6 Å². The Morgan fingerprint density at radius 3 is 2.44 bits per heavy atom. The van der Waals surface area contributed by atoms with Crippen LogP contribution in [0.1, 0.15) is 49.4 Å². The van der Waals surface area contributed by atoms with Gasteiger partial charge in [0.2, 0.25) is 0 Å². The summed E-state index contributed by atoms with van der Waals surface area (Å²) in [4.78, 5) is 25.7. The summed E-state index contributed by atoms with van der Waals surface area (Å²) < 4.78 is 2.53. The van der Waals surface area contributed by atoms with Crippen LogP contribution in [-0.4, -0.2) is 40.9 Å². The predicted octanol–water partition coefficient (Wildman–Crippen LogP) is 3.80. The van der Waals surface area contributed by atoms with Crippen LogP contribution in [0.2, 0.25) is 0 Å². The molecule has 1 aliphatic rings. The van der Waals surface area contributed by atoms with Gasteiger partial charge in [0, 0.05) is 11.5 Å². The average molecular weight is 458 g/mol. The minimum atomic E-state index is -0.380. The van der Waals surface area contributed by atoms with Crippen LogP contribution in [-0.2, 0) is 6.54 Å². The van der Waals surface area contributed by atoms with Crippen molar-refractivity contribution in [3.63, 3.8) is 0 Å². The van der Waals surface area contributed by atoms with Gasteiger partial charge >= 0.3 is 5.69 Å². The first-order valence-electron chi connectivity index (χ1n) is 11.7. The van der Waals surface area contributed by atoms with Gasteiger partial charge in [-0.3, -0.25) is 9.36 Å². The predicted molar refractivity (Wildman–Crippen MR) is 127 cm³/mol. The van der Waals surface area contributed by atoms with E-state index in [0.29, 0.717) is 18.3 Å². The molecule has 4 aromatic rings. The maximum atomic E-state index is 12.9. The topological polar surface area (TPSA) is 111 Å². The second-order valence-electron chi connectivity index (χ2n) is 8.91. The molecule has 0 radical (unpaired) electrons. The van der Waals surface area contributed by atoms with Crippen molar-refractivity contribution < 1.29 is 4.79 Å². The van der Waals surface area contributed by atoms with Crippen molar-refractivity contribution in [3.8, 4) is 22.5 Å². The summed E-state index contributed by atoms with van der Waals surface area (Å²) in [7, 11) is 0. The van der Waals surface area contributed by atoms with Gasteiger partial charge in [0.25, 0.3) is 5.91 Å². The number of carbonyl (C=O) groups excluding carboxylic acids is 1. The van der Waals surface area contributed by atoms with E-state index in [1.807, 2.05) is 48.5 Å². The molecule has 1 N–H and O–H groups in total. The molecule has 1 aliphatic carbocycles. The zero-order valence-electron chi connectivity index (χ0n) is 19.1. The number of rotatable bonds is 6. The molecule has 174 valence electrons. The summed E-state index contributed by atoms with van der Waals surface area (Å²) in [6.07, 6.45) is 6.37. The Labute approximate surface area is 196 Å². The highest BCUT2D eigenvalue weighted by molar-refractivity contribution is 5.81. The molecule has 0 unspecified atom stereocenters. The fourth-order valence-corrected chi connectivity index (χ4v) is 4.79. The lowest BCUT2D eigenvalue weighted by Gasteiger charge is -2.26. The summed E-state index contributed by atoms with van der Waals surface area (Å²) in [5.74, 6) is 1.02. The lowest BCUT2D eigenvalue weighted by Crippen LogP contribution is -2.35. The molecule has 1 fully saturated rings. The Morgan fingerprint density at radius 1 is 1.03 bits per heavy atom. The molecular weight excluding hydrogens is 430 g/mol. The second-order valence-corrected chi connectivity index (χ2v) is 8.91. The summed E-state index contributed by atoms with van der Waals surface area (Å²) >= 11 is 0. The Balaban J connectivity index is 1.31. The smallest absolute Gasteiger partial charge is 0.277 e. The van der Waals surface area contributed by atoms with Gasteiger partial charge in [-0.2, -0.15) is 5.10 Å². The molecule has 0 saturated heterocycles. The van der Waals surface area contributed by atoms with Gasteiger partial charge in [0.1, 0.15) is 6.33 Å². The SMILES string of the molecule is CCC1CCC(C(=O)n2ncn(Cc3ccc(-c4ccccc4-c4nnn[nH]4)cc3)c2=O)CC1. The largest absolute Gasteiger partial charge is 0.353 e. The van der Waals surface area contributed by atoms with Gasteiger partial charge in [-0.1, -0.05) is 61.9 Å². The van der Waals surface area contributed by atoms with Gasteiger partial charge in [-0.15, -0.1) is 9.78 Å². The zero-order valence-corrected chi connectivity index (χ0v) is 19.1. The molecule has 34 heavy (non-hydrogen) atoms. The Bertz CT molecular complexity index is 1310. The third kappa shape index (κ3) is 4.33. The molecule has 0 spiro atoms. The highest BCUT2D eigenvalue weighted by Crippen LogP contribution is 2.31. The third-order valence-corrected chi connectivity index (χ3v) is 6.86. The Morgan fingerprint density at radius 2 is 1.76 bits per heavy atom. The Hall–Kier alpha value is -3.88. The van der Waals surface area contributed by atoms with E-state index >= 15 is 0 Å². The molecular formula is C25H27N7O2. The van der Waals surface area contributed by atoms with E-state index in [1.165, 1.54) is 10.9 Å². The first-order chi connectivity index (χ1) is 16.6. The number of tetrazole rings is 1. The molecule has 5 rings (SSSR count). The summed E-state index contributed by atoms with van der Waals surface area (Å²) in [6.45, 7) is 2.54. The van der Waals surface area contributed by atoms with Crippen molar-refractivity contribution in [1.29, 1.82) is 0 Å². The maximum Gasteiger partial charge on any atom is 0.353 e. The third-order valence-electron chi connectivity index (χ3n) is 6.86. The van der Waals surface area contributed by atoms with E-state index < -0.39 is 0 Å². The van der Waals surface area contributed by atoms with Crippen LogP contribution in [0.4, 0.5) is 0 Å². The van der Waals surface area contributed by atoms with E-state index in [2.05, 4.69) is 32.6 Å². The number of aromatic amines is 1. The quantitative estimate of drug-likeness (QED) is 0.471. The number of benzene rings is 2. The molecule has 2 aromatic carbocycles. The first-order valence-corrected chi connectivity index (χ1v) is 11.7. The number of carbonyl (C=O) groups is 1. The molecule has 0 aliphatic heterocycles. The van der Waals surface area contributed by atoms with Crippen LogP contribution in [0.25, 0.3) is 22.5 Å². The number of nitrogens with zero attached hydrogens (tertiary/aromatic N) is 6. The standard InChI is InChI=1S/C25H27N7O2/c1-2-17-7-13-20(14-8-17)24(33)32-25(34)31(16-26-32)15-18-9-11-19(12-10-18)21-5-3-4-6-22(21)23-27-29-30-28-23/h3-6,9-12,16-17,20H,2,7-8,13-15H2,1H3,(H,27,28,29,30). The number of hydrogen-bond donors (Lipinski definition) is 1. The minimum Gasteiger partial charge on any atom is -0.277 e. The fraction of sp³-hybridized carbons (Fsp3) is 0.360. The van der Waals surface area contributed by atoms with Crippen LogP contribution in [0.3, 0.4) is 0 Å². The summed E-state index contributed by atoms with van der Waals surface area (Å²) in [6, 6.07) is 15.8. The molecule has 0 amide bonds. The van der Waals surface area contributed by atoms with Crippen molar-refractivity contribution in [2.24, 2.45) is 11.8 Å². The number of nitrogens with one attached hydrogen (secondary N) is 1. The van der Waals surface area contributed by atoms with Crippen LogP contribution in [0.5, 0.6) is 0 Å². The number of aromatic nitrogens is 7. The van der Waals surface area contributed by atoms with E-state index in [0.717, 1.165) is 59.0 Å². The minimum absolute atomic E-state index is 0.109. The lowest BCUT2D eigenvalue weighted by molar-refractivity contribution is 0.0759. The van der Waals surface area contributed by atoms with Crippen molar-refractivity contribution in [2.75, 3.05) is 0 Å². The van der Waals surface area contributed by atoms with Gasteiger partial charge in [-0.05, 0) is 58.7 Å². The van der Waals surface area contributed by atoms with Gasteiger partial charge in [-0.25, -0.2) is 9.89 Å². The zero-order chi connectivity index (χ0) is 23.5. The van der Waals surface area contributed by atoms with Crippen molar-refractivity contribution in [1.82, 2.24) is 35.0 Å². The van der Waals surface area contributed by atoms with Crippen LogP contribution < -0.4 is 5.69 Å². The van der Waals surface area contributed by atoms with Gasteiger partial charge in [0.05, 0.1) is 6.54 Å². The highest BCUT2D eigenvalue weighted by Gasteiger charge is 2.28. The molecule has 9 nitrogen and oxygen atoms in total. The maximum absolute atomic E-state index is 12.9. The molecule has 1 saturated carbocycles. The molecule has 0 bridgehead atoms. The van der Waals surface area contributed by atoms with E-state index in [4.69, 9.17) is 0 Å². The monoisotopic (exact) mass is 457 g/mol. The molecule has 0 atom stereocenters. The molecule has 2 aromatic heterocycles. The van der Waals surface area contributed by atoms with Gasteiger partial charge in [0.15, 0.2) is 5.82 Å². The van der Waals surface area contributed by atoms with E-state index in [9.17, 15) is 9.59 Å². The Kier molecular flexibility index (Phi) is 6.16. The lowest BCUT2D eigenvalue weighted by atomic mass is 9.80. The van der Waals surface area contributed by atoms with Crippen molar-refractivity contribution in [3.05, 3.63) is 70.9 Å². The second kappa shape index (κ2) is 9.54. The highest BCUT2D eigenvalue weighted by atomic mass is 16.2. The normalized spacial score (nSPS) is 18.1. The van der Waals surface area contributed by atoms with Gasteiger partial charge < -0.3 is 0 Å². The number of hydrogen-bond acceptors (Lipinski definition) is 6. The summed E-state index contributed by atoms with van der Waals surface area (Å²) in [5, 5.41) is 18.3. The summed E-state index contributed by atoms with van der Waals surface area (Å²) in [5.41, 5.74) is 3.48. The van der Waals surface area contributed by atoms with E-state index in [-0.39, 0.29) is 17.5 Å². The average Bonchev–Trinajstić information content (AvgIpc) is 3.55. The van der Waals surface area contributed by atoms with Crippen molar-refractivity contribution >= 4 is 5.91 Å². The molecule has 2 heterocycles.